The molecule has 4 rings (SSSR count). The maximum absolute atomic E-state index is 12.9. The Morgan fingerprint density at radius 3 is 2.52 bits per heavy atom. The van der Waals surface area contributed by atoms with Gasteiger partial charge >= 0.3 is 5.97 Å². The number of amides is 1. The van der Waals surface area contributed by atoms with Crippen LogP contribution in [-0.4, -0.2) is 24.0 Å². The van der Waals surface area contributed by atoms with Gasteiger partial charge in [0.05, 0.1) is 5.56 Å². The molecule has 0 aromatic heterocycles. The molecule has 3 aromatic carbocycles. The first-order chi connectivity index (χ1) is 13.0. The molecule has 136 valence electrons. The largest absolute Gasteiger partial charge is 0.449 e. The van der Waals surface area contributed by atoms with E-state index in [0.717, 1.165) is 28.4 Å². The van der Waals surface area contributed by atoms with Gasteiger partial charge in [0.15, 0.2) is 6.10 Å². The molecule has 0 fully saturated rings. The number of hydrogen-bond acceptors (Lipinski definition) is 3. The molecule has 0 N–H and O–H groups in total. The predicted molar refractivity (Wildman–Crippen MR) is 106 cm³/mol. The number of hydrogen-bond donors (Lipinski definition) is 0. The molecular formula is C23H21NO3. The minimum absolute atomic E-state index is 0.0525. The lowest BCUT2D eigenvalue weighted by atomic mass is 10.1. The van der Waals surface area contributed by atoms with Gasteiger partial charge in [0.1, 0.15) is 0 Å². The highest BCUT2D eigenvalue weighted by Gasteiger charge is 2.34. The van der Waals surface area contributed by atoms with Gasteiger partial charge < -0.3 is 9.64 Å². The maximum Gasteiger partial charge on any atom is 0.338 e. The zero-order valence-corrected chi connectivity index (χ0v) is 15.4. The van der Waals surface area contributed by atoms with Crippen molar-refractivity contribution in [2.24, 2.45) is 0 Å². The smallest absolute Gasteiger partial charge is 0.338 e. The number of benzene rings is 3. The van der Waals surface area contributed by atoms with Crippen LogP contribution in [0.2, 0.25) is 0 Å². The van der Waals surface area contributed by atoms with Gasteiger partial charge in [-0.3, -0.25) is 4.79 Å². The lowest BCUT2D eigenvalue weighted by Crippen LogP contribution is -2.43. The van der Waals surface area contributed by atoms with E-state index >= 15 is 0 Å². The van der Waals surface area contributed by atoms with Crippen LogP contribution in [0, 0.1) is 0 Å². The molecule has 0 saturated carbocycles. The number of esters is 1. The fourth-order valence-corrected chi connectivity index (χ4v) is 3.69. The summed E-state index contributed by atoms with van der Waals surface area (Å²) in [5.41, 5.74) is 2.50. The highest BCUT2D eigenvalue weighted by Crippen LogP contribution is 2.32. The van der Waals surface area contributed by atoms with Crippen LogP contribution in [0.1, 0.15) is 29.8 Å². The average molecular weight is 359 g/mol. The first kappa shape index (κ1) is 17.3. The van der Waals surface area contributed by atoms with E-state index in [-0.39, 0.29) is 11.9 Å². The molecule has 0 aliphatic carbocycles. The Morgan fingerprint density at radius 1 is 1.00 bits per heavy atom. The lowest BCUT2D eigenvalue weighted by Gasteiger charge is -2.26. The number of fused-ring (bicyclic) bond motifs is 2. The summed E-state index contributed by atoms with van der Waals surface area (Å²) < 4.78 is 5.49. The molecule has 1 amide bonds. The van der Waals surface area contributed by atoms with E-state index in [2.05, 4.69) is 0 Å². The van der Waals surface area contributed by atoms with Crippen LogP contribution < -0.4 is 4.90 Å². The summed E-state index contributed by atoms with van der Waals surface area (Å²) in [7, 11) is 0. The number of para-hydroxylation sites is 1. The van der Waals surface area contributed by atoms with E-state index in [1.807, 2.05) is 61.5 Å². The van der Waals surface area contributed by atoms with Crippen LogP contribution in [-0.2, 0) is 16.0 Å². The fraction of sp³-hybridized carbons (Fsp3) is 0.217. The monoisotopic (exact) mass is 359 g/mol. The standard InChI is InChI=1S/C23H21NO3/c1-15-13-19-9-5-6-10-21(19)24(15)22(25)16(2)27-23(26)20-12-11-17-7-3-4-8-18(17)14-20/h3-12,14-16H,13H2,1-2H3/t15-,16+/m1/s1. The number of carbonyl (C=O) groups is 2. The Hall–Kier alpha value is -3.14. The Balaban J connectivity index is 1.52. The third kappa shape index (κ3) is 3.19. The Bertz CT molecular complexity index is 1030. The number of nitrogens with zero attached hydrogens (tertiary/aromatic N) is 1. The van der Waals surface area contributed by atoms with E-state index < -0.39 is 12.1 Å². The van der Waals surface area contributed by atoms with Crippen molar-refractivity contribution >= 4 is 28.3 Å². The Labute approximate surface area is 158 Å². The predicted octanol–water partition coefficient (Wildman–Crippen LogP) is 4.36. The van der Waals surface area contributed by atoms with Crippen LogP contribution >= 0.6 is 0 Å². The summed E-state index contributed by atoms with van der Waals surface area (Å²) in [5.74, 6) is -0.677. The van der Waals surface area contributed by atoms with Crippen LogP contribution in [0.25, 0.3) is 10.8 Å². The highest BCUT2D eigenvalue weighted by molar-refractivity contribution is 6.01. The number of rotatable bonds is 3. The van der Waals surface area contributed by atoms with Gasteiger partial charge in [-0.15, -0.1) is 0 Å². The van der Waals surface area contributed by atoms with Crippen molar-refractivity contribution in [3.63, 3.8) is 0 Å². The topological polar surface area (TPSA) is 46.6 Å². The third-order valence-corrected chi connectivity index (χ3v) is 5.06. The molecule has 4 nitrogen and oxygen atoms in total. The number of carbonyl (C=O) groups excluding carboxylic acids is 2. The third-order valence-electron chi connectivity index (χ3n) is 5.06. The maximum atomic E-state index is 12.9. The first-order valence-electron chi connectivity index (χ1n) is 9.15. The molecule has 1 heterocycles. The molecular weight excluding hydrogens is 338 g/mol. The molecule has 0 saturated heterocycles. The second kappa shape index (κ2) is 6.88. The molecule has 1 aliphatic heterocycles. The fourth-order valence-electron chi connectivity index (χ4n) is 3.69. The Morgan fingerprint density at radius 2 is 1.70 bits per heavy atom. The molecule has 27 heavy (non-hydrogen) atoms. The van der Waals surface area contributed by atoms with Gasteiger partial charge in [0.25, 0.3) is 5.91 Å². The van der Waals surface area contributed by atoms with Gasteiger partial charge in [0.2, 0.25) is 0 Å². The van der Waals surface area contributed by atoms with Crippen molar-refractivity contribution in [1.82, 2.24) is 0 Å². The molecule has 2 atom stereocenters. The minimum Gasteiger partial charge on any atom is -0.449 e. The molecule has 1 aliphatic rings. The lowest BCUT2D eigenvalue weighted by molar-refractivity contribution is -0.126. The summed E-state index contributed by atoms with van der Waals surface area (Å²) in [4.78, 5) is 27.2. The molecule has 4 heteroatoms. The van der Waals surface area contributed by atoms with Gasteiger partial charge in [-0.2, -0.15) is 0 Å². The second-order valence-electron chi connectivity index (χ2n) is 7.00. The number of ether oxygens (including phenoxy) is 1. The van der Waals surface area contributed by atoms with Crippen LogP contribution in [0.15, 0.2) is 66.7 Å². The second-order valence-corrected chi connectivity index (χ2v) is 7.00. The zero-order chi connectivity index (χ0) is 19.0. The van der Waals surface area contributed by atoms with Crippen molar-refractivity contribution in [1.29, 1.82) is 0 Å². The quantitative estimate of drug-likeness (QED) is 0.653. The highest BCUT2D eigenvalue weighted by atomic mass is 16.5. The average Bonchev–Trinajstić information content (AvgIpc) is 3.02. The van der Waals surface area contributed by atoms with Crippen LogP contribution in [0.5, 0.6) is 0 Å². The van der Waals surface area contributed by atoms with Gasteiger partial charge in [-0.25, -0.2) is 4.79 Å². The van der Waals surface area contributed by atoms with Crippen molar-refractivity contribution in [3.05, 3.63) is 77.9 Å². The SMILES string of the molecule is C[C@H](OC(=O)c1ccc2ccccc2c1)C(=O)N1c2ccccc2C[C@H]1C. The Kier molecular flexibility index (Phi) is 4.40. The van der Waals surface area contributed by atoms with E-state index in [1.54, 1.807) is 24.0 Å². The molecule has 0 unspecified atom stereocenters. The minimum atomic E-state index is -0.849. The van der Waals surface area contributed by atoms with E-state index in [4.69, 9.17) is 4.74 Å². The normalized spacial score (nSPS) is 16.8. The summed E-state index contributed by atoms with van der Waals surface area (Å²) in [6.45, 7) is 3.64. The van der Waals surface area contributed by atoms with Crippen molar-refractivity contribution < 1.29 is 14.3 Å². The summed E-state index contributed by atoms with van der Waals surface area (Å²) in [6, 6.07) is 21.1. The van der Waals surface area contributed by atoms with Gasteiger partial charge in [-0.05, 0) is 54.8 Å². The first-order valence-corrected chi connectivity index (χ1v) is 9.15. The van der Waals surface area contributed by atoms with Crippen LogP contribution in [0.4, 0.5) is 5.69 Å². The zero-order valence-electron chi connectivity index (χ0n) is 15.4. The number of anilines is 1. The molecule has 0 radical (unpaired) electrons. The van der Waals surface area contributed by atoms with E-state index in [1.165, 1.54) is 0 Å². The summed E-state index contributed by atoms with van der Waals surface area (Å²) >= 11 is 0. The van der Waals surface area contributed by atoms with Crippen molar-refractivity contribution in [2.75, 3.05) is 4.90 Å². The van der Waals surface area contributed by atoms with Crippen molar-refractivity contribution in [3.8, 4) is 0 Å². The van der Waals surface area contributed by atoms with E-state index in [9.17, 15) is 9.59 Å². The summed E-state index contributed by atoms with van der Waals surface area (Å²) in [6.07, 6.45) is -0.0367. The molecule has 3 aromatic rings. The van der Waals surface area contributed by atoms with Crippen molar-refractivity contribution in [2.45, 2.75) is 32.4 Å². The summed E-state index contributed by atoms with van der Waals surface area (Å²) in [5, 5.41) is 2.02. The van der Waals surface area contributed by atoms with E-state index in [0.29, 0.717) is 5.56 Å². The molecule has 0 bridgehead atoms. The van der Waals surface area contributed by atoms with Gasteiger partial charge in [-0.1, -0.05) is 48.5 Å². The van der Waals surface area contributed by atoms with Gasteiger partial charge in [0, 0.05) is 11.7 Å². The van der Waals surface area contributed by atoms with Crippen LogP contribution in [0.3, 0.4) is 0 Å². The molecule has 0 spiro atoms.